The fourth-order valence-electron chi connectivity index (χ4n) is 2.59. The van der Waals surface area contributed by atoms with Gasteiger partial charge >= 0.3 is 0 Å². The van der Waals surface area contributed by atoms with Crippen LogP contribution in [0.5, 0.6) is 0 Å². The van der Waals surface area contributed by atoms with Crippen LogP contribution < -0.4 is 15.5 Å². The van der Waals surface area contributed by atoms with E-state index in [9.17, 15) is 0 Å². The second kappa shape index (κ2) is 11.9. The zero-order chi connectivity index (χ0) is 16.5. The number of nitrogens with one attached hydrogen (secondary N) is 2. The average molecular weight is 467 g/mol. The summed E-state index contributed by atoms with van der Waals surface area (Å²) in [4.78, 5) is 11.8. The quantitative estimate of drug-likeness (QED) is 0.350. The van der Waals surface area contributed by atoms with Crippen molar-refractivity contribution in [2.24, 2.45) is 4.99 Å². The summed E-state index contributed by atoms with van der Waals surface area (Å²) in [5.74, 6) is 0.840. The maximum Gasteiger partial charge on any atom is 0.191 e. The monoisotopic (exact) mass is 467 g/mol. The van der Waals surface area contributed by atoms with Crippen LogP contribution in [0.25, 0.3) is 0 Å². The topological polar surface area (TPSA) is 61.8 Å². The van der Waals surface area contributed by atoms with Gasteiger partial charge in [0.15, 0.2) is 11.1 Å². The number of methoxy groups -OCH3 is 1. The summed E-state index contributed by atoms with van der Waals surface area (Å²) < 4.78 is 5.15. The number of nitrogens with zero attached hydrogens (tertiary/aromatic N) is 3. The van der Waals surface area contributed by atoms with Crippen molar-refractivity contribution >= 4 is 46.4 Å². The van der Waals surface area contributed by atoms with Crippen LogP contribution in [0.2, 0.25) is 0 Å². The number of halogens is 1. The number of anilines is 1. The summed E-state index contributed by atoms with van der Waals surface area (Å²) >= 11 is 1.75. The molecule has 1 saturated heterocycles. The van der Waals surface area contributed by atoms with Crippen LogP contribution in [0.4, 0.5) is 5.13 Å². The zero-order valence-corrected chi connectivity index (χ0v) is 18.0. The smallest absolute Gasteiger partial charge is 0.191 e. The van der Waals surface area contributed by atoms with Gasteiger partial charge in [-0.05, 0) is 26.7 Å². The lowest BCUT2D eigenvalue weighted by Gasteiger charge is -2.16. The Morgan fingerprint density at radius 3 is 2.88 bits per heavy atom. The van der Waals surface area contributed by atoms with E-state index in [1.54, 1.807) is 18.4 Å². The van der Waals surface area contributed by atoms with Gasteiger partial charge in [-0.1, -0.05) is 0 Å². The maximum absolute atomic E-state index is 5.15. The summed E-state index contributed by atoms with van der Waals surface area (Å²) in [6.45, 7) is 8.70. The number of guanidine groups is 1. The summed E-state index contributed by atoms with van der Waals surface area (Å²) in [5.41, 5.74) is 1.14. The highest BCUT2D eigenvalue weighted by Gasteiger charge is 2.15. The van der Waals surface area contributed by atoms with Gasteiger partial charge in [-0.3, -0.25) is 4.99 Å². The molecule has 0 aromatic carbocycles. The molecule has 0 saturated carbocycles. The summed E-state index contributed by atoms with van der Waals surface area (Å²) in [5, 5.41) is 9.94. The minimum atomic E-state index is 0. The molecular formula is C16H30IN5OS. The van der Waals surface area contributed by atoms with Crippen LogP contribution >= 0.6 is 35.3 Å². The van der Waals surface area contributed by atoms with Crippen LogP contribution in [-0.2, 0) is 11.2 Å². The van der Waals surface area contributed by atoms with E-state index in [1.807, 2.05) is 0 Å². The van der Waals surface area contributed by atoms with Gasteiger partial charge in [0, 0.05) is 51.1 Å². The molecule has 0 radical (unpaired) electrons. The molecule has 0 bridgehead atoms. The van der Waals surface area contributed by atoms with Gasteiger partial charge in [-0.2, -0.15) is 0 Å². The van der Waals surface area contributed by atoms with E-state index in [-0.39, 0.29) is 30.0 Å². The number of rotatable bonds is 8. The SMILES string of the molecule is CCNC(=NCCc1csc(N2CCCC2)n1)NC(C)COC.I. The molecule has 2 N–H and O–H groups in total. The predicted octanol–water partition coefficient (Wildman–Crippen LogP) is 2.49. The van der Waals surface area contributed by atoms with Crippen molar-refractivity contribution in [3.63, 3.8) is 0 Å². The van der Waals surface area contributed by atoms with Crippen LogP contribution in [0.1, 0.15) is 32.4 Å². The molecule has 0 spiro atoms. The molecule has 1 aliphatic rings. The molecule has 6 nitrogen and oxygen atoms in total. The van der Waals surface area contributed by atoms with Crippen molar-refractivity contribution in [3.05, 3.63) is 11.1 Å². The molecule has 0 aliphatic carbocycles. The molecule has 1 aromatic rings. The van der Waals surface area contributed by atoms with Gasteiger partial charge in [0.2, 0.25) is 0 Å². The van der Waals surface area contributed by atoms with Crippen molar-refractivity contribution in [1.29, 1.82) is 0 Å². The molecule has 1 aromatic heterocycles. The molecule has 1 unspecified atom stereocenters. The Kier molecular flexibility index (Phi) is 10.6. The van der Waals surface area contributed by atoms with Gasteiger partial charge in [0.25, 0.3) is 0 Å². The highest BCUT2D eigenvalue weighted by Crippen LogP contribution is 2.24. The Labute approximate surface area is 166 Å². The van der Waals surface area contributed by atoms with Gasteiger partial charge in [-0.25, -0.2) is 4.98 Å². The number of aliphatic imine (C=N–C) groups is 1. The third kappa shape index (κ3) is 7.10. The molecule has 8 heteroatoms. The molecule has 24 heavy (non-hydrogen) atoms. The Balaban J connectivity index is 0.00000288. The third-order valence-electron chi connectivity index (χ3n) is 3.70. The summed E-state index contributed by atoms with van der Waals surface area (Å²) in [6, 6.07) is 0.235. The van der Waals surface area contributed by atoms with Crippen molar-refractivity contribution in [3.8, 4) is 0 Å². The second-order valence-corrected chi connectivity index (χ2v) is 6.66. The highest BCUT2D eigenvalue weighted by atomic mass is 127. The Bertz CT molecular complexity index is 491. The first-order valence-corrected chi connectivity index (χ1v) is 9.34. The van der Waals surface area contributed by atoms with Crippen LogP contribution in [0.3, 0.4) is 0 Å². The van der Waals surface area contributed by atoms with E-state index in [1.165, 1.54) is 18.0 Å². The number of hydrogen-bond acceptors (Lipinski definition) is 5. The molecule has 2 heterocycles. The fraction of sp³-hybridized carbons (Fsp3) is 0.750. The minimum absolute atomic E-state index is 0. The third-order valence-corrected chi connectivity index (χ3v) is 4.65. The van der Waals surface area contributed by atoms with E-state index in [0.29, 0.717) is 6.61 Å². The molecule has 2 rings (SSSR count). The zero-order valence-electron chi connectivity index (χ0n) is 14.9. The Morgan fingerprint density at radius 1 is 1.46 bits per heavy atom. The van der Waals surface area contributed by atoms with E-state index in [0.717, 1.165) is 44.3 Å². The van der Waals surface area contributed by atoms with E-state index >= 15 is 0 Å². The van der Waals surface area contributed by atoms with Crippen molar-refractivity contribution < 1.29 is 4.74 Å². The number of aromatic nitrogens is 1. The van der Waals surface area contributed by atoms with Gasteiger partial charge in [-0.15, -0.1) is 35.3 Å². The van der Waals surface area contributed by atoms with Gasteiger partial charge < -0.3 is 20.3 Å². The number of thiazole rings is 1. The Morgan fingerprint density at radius 2 is 2.21 bits per heavy atom. The molecule has 138 valence electrons. The first kappa shape index (κ1) is 21.4. The van der Waals surface area contributed by atoms with Crippen LogP contribution in [0, 0.1) is 0 Å². The second-order valence-electron chi connectivity index (χ2n) is 5.83. The van der Waals surface area contributed by atoms with Crippen molar-refractivity contribution in [2.75, 3.05) is 44.8 Å². The van der Waals surface area contributed by atoms with E-state index in [4.69, 9.17) is 9.72 Å². The van der Waals surface area contributed by atoms with Crippen molar-refractivity contribution in [2.45, 2.75) is 39.2 Å². The standard InChI is InChI=1S/C16H29N5OS.HI/c1-4-17-15(19-13(2)11-22-3)18-8-7-14-12-23-16(20-14)21-9-5-6-10-21;/h12-13H,4-11H2,1-3H3,(H2,17,18,19);1H. The number of hydrogen-bond donors (Lipinski definition) is 2. The molecular weight excluding hydrogens is 437 g/mol. The van der Waals surface area contributed by atoms with E-state index < -0.39 is 0 Å². The van der Waals surface area contributed by atoms with Crippen molar-refractivity contribution in [1.82, 2.24) is 15.6 Å². The largest absolute Gasteiger partial charge is 0.383 e. The lowest BCUT2D eigenvalue weighted by atomic mass is 10.3. The lowest BCUT2D eigenvalue weighted by molar-refractivity contribution is 0.179. The summed E-state index contributed by atoms with van der Waals surface area (Å²) in [6.07, 6.45) is 3.45. The van der Waals surface area contributed by atoms with Gasteiger partial charge in [0.1, 0.15) is 0 Å². The highest BCUT2D eigenvalue weighted by molar-refractivity contribution is 14.0. The Hall–Kier alpha value is -0.610. The molecule has 1 fully saturated rings. The minimum Gasteiger partial charge on any atom is -0.383 e. The number of ether oxygens (including phenoxy) is 1. The van der Waals surface area contributed by atoms with Crippen LogP contribution in [-0.4, -0.2) is 56.9 Å². The maximum atomic E-state index is 5.15. The summed E-state index contributed by atoms with van der Waals surface area (Å²) in [7, 11) is 1.71. The molecule has 0 amide bonds. The van der Waals surface area contributed by atoms with Gasteiger partial charge in [0.05, 0.1) is 12.3 Å². The average Bonchev–Trinajstić information content (AvgIpc) is 3.18. The van der Waals surface area contributed by atoms with E-state index in [2.05, 4.69) is 39.8 Å². The predicted molar refractivity (Wildman–Crippen MR) is 113 cm³/mol. The van der Waals surface area contributed by atoms with Crippen LogP contribution in [0.15, 0.2) is 10.4 Å². The fourth-order valence-corrected chi connectivity index (χ4v) is 3.51. The molecule has 1 aliphatic heterocycles. The first-order valence-electron chi connectivity index (χ1n) is 8.46. The first-order chi connectivity index (χ1) is 11.2. The molecule has 1 atom stereocenters. The normalized spacial score (nSPS) is 16.0. The lowest BCUT2D eigenvalue weighted by Crippen LogP contribution is -2.44.